The summed E-state index contributed by atoms with van der Waals surface area (Å²) >= 11 is 0. The van der Waals surface area contributed by atoms with Crippen LogP contribution in [0.4, 0.5) is 11.9 Å². The molecule has 0 aromatic carbocycles. The fraction of sp³-hybridized carbons (Fsp3) is 0.727. The van der Waals surface area contributed by atoms with Crippen molar-refractivity contribution < 1.29 is 4.74 Å². The van der Waals surface area contributed by atoms with Gasteiger partial charge in [-0.2, -0.15) is 15.0 Å². The van der Waals surface area contributed by atoms with E-state index in [1.54, 1.807) is 0 Å². The predicted octanol–water partition coefficient (Wildman–Crippen LogP) is 0.766. The van der Waals surface area contributed by atoms with Gasteiger partial charge < -0.3 is 10.1 Å². The maximum atomic E-state index is 5.32. The maximum absolute atomic E-state index is 5.32. The zero-order valence-corrected chi connectivity index (χ0v) is 10.4. The average Bonchev–Trinajstić information content (AvgIpc) is 3.00. The SMILES string of the molecule is COc1nc(NN)nc(NC2CC3CCC2C3)n1. The maximum Gasteiger partial charge on any atom is 0.322 e. The molecule has 2 bridgehead atoms. The molecule has 0 spiro atoms. The van der Waals surface area contributed by atoms with Crippen LogP contribution in [-0.4, -0.2) is 28.1 Å². The lowest BCUT2D eigenvalue weighted by Crippen LogP contribution is -2.27. The number of rotatable bonds is 4. The van der Waals surface area contributed by atoms with Crippen molar-refractivity contribution in [3.05, 3.63) is 0 Å². The smallest absolute Gasteiger partial charge is 0.322 e. The number of hydrogen-bond acceptors (Lipinski definition) is 7. The quantitative estimate of drug-likeness (QED) is 0.536. The van der Waals surface area contributed by atoms with Gasteiger partial charge in [-0.1, -0.05) is 6.42 Å². The molecule has 0 radical (unpaired) electrons. The lowest BCUT2D eigenvalue weighted by atomic mass is 9.95. The zero-order chi connectivity index (χ0) is 12.5. The van der Waals surface area contributed by atoms with Crippen molar-refractivity contribution in [2.75, 3.05) is 17.9 Å². The summed E-state index contributed by atoms with van der Waals surface area (Å²) in [6.07, 6.45) is 5.23. The summed E-state index contributed by atoms with van der Waals surface area (Å²) in [5, 5.41) is 3.38. The first kappa shape index (κ1) is 11.5. The summed E-state index contributed by atoms with van der Waals surface area (Å²) in [5.74, 6) is 7.81. The van der Waals surface area contributed by atoms with Crippen LogP contribution in [0.1, 0.15) is 25.7 Å². The number of fused-ring (bicyclic) bond motifs is 2. The van der Waals surface area contributed by atoms with Crippen LogP contribution in [-0.2, 0) is 0 Å². The Morgan fingerprint density at radius 1 is 1.17 bits per heavy atom. The van der Waals surface area contributed by atoms with Crippen molar-refractivity contribution >= 4 is 11.9 Å². The standard InChI is InChI=1S/C11H18N6O/c1-18-11-15-9(14-10(16-11)17-12)13-8-5-6-2-3-7(8)4-6/h6-8H,2-5,12H2,1H3,(H2,13,14,15,16,17). The number of anilines is 2. The third-order valence-electron chi connectivity index (χ3n) is 3.98. The highest BCUT2D eigenvalue weighted by Gasteiger charge is 2.39. The predicted molar refractivity (Wildman–Crippen MR) is 67.0 cm³/mol. The second-order valence-electron chi connectivity index (χ2n) is 5.04. The number of nitrogens with zero attached hydrogens (tertiary/aromatic N) is 3. The molecule has 3 atom stereocenters. The van der Waals surface area contributed by atoms with Gasteiger partial charge in [0.15, 0.2) is 0 Å². The van der Waals surface area contributed by atoms with E-state index in [2.05, 4.69) is 25.7 Å². The van der Waals surface area contributed by atoms with E-state index >= 15 is 0 Å². The number of nitrogens with two attached hydrogens (primary N) is 1. The van der Waals surface area contributed by atoms with Crippen LogP contribution in [0.5, 0.6) is 6.01 Å². The van der Waals surface area contributed by atoms with Gasteiger partial charge in [0.1, 0.15) is 0 Å². The van der Waals surface area contributed by atoms with Gasteiger partial charge in [0, 0.05) is 6.04 Å². The first-order chi connectivity index (χ1) is 8.78. The Hall–Kier alpha value is -1.63. The van der Waals surface area contributed by atoms with E-state index in [-0.39, 0.29) is 6.01 Å². The summed E-state index contributed by atoms with van der Waals surface area (Å²) in [6.45, 7) is 0. The molecule has 1 heterocycles. The molecule has 0 saturated heterocycles. The van der Waals surface area contributed by atoms with Crippen molar-refractivity contribution in [1.82, 2.24) is 15.0 Å². The van der Waals surface area contributed by atoms with Crippen LogP contribution in [0.2, 0.25) is 0 Å². The topological polar surface area (TPSA) is 98.0 Å². The molecule has 2 aliphatic carbocycles. The molecule has 3 unspecified atom stereocenters. The fourth-order valence-corrected chi connectivity index (χ4v) is 3.16. The Morgan fingerprint density at radius 3 is 2.61 bits per heavy atom. The van der Waals surface area contributed by atoms with Crippen LogP contribution in [0.15, 0.2) is 0 Å². The molecule has 18 heavy (non-hydrogen) atoms. The van der Waals surface area contributed by atoms with E-state index in [0.717, 1.165) is 11.8 Å². The number of aromatic nitrogens is 3. The minimum atomic E-state index is 0.267. The molecule has 3 rings (SSSR count). The second kappa shape index (κ2) is 4.56. The van der Waals surface area contributed by atoms with Crippen LogP contribution in [0.25, 0.3) is 0 Å². The fourth-order valence-electron chi connectivity index (χ4n) is 3.16. The lowest BCUT2D eigenvalue weighted by Gasteiger charge is -2.22. The molecule has 1 aromatic heterocycles. The average molecular weight is 250 g/mol. The number of methoxy groups -OCH3 is 1. The van der Waals surface area contributed by atoms with Crippen LogP contribution < -0.4 is 21.3 Å². The highest BCUT2D eigenvalue weighted by molar-refractivity contribution is 5.36. The molecule has 98 valence electrons. The molecule has 1 aromatic rings. The third-order valence-corrected chi connectivity index (χ3v) is 3.98. The molecular weight excluding hydrogens is 232 g/mol. The van der Waals surface area contributed by atoms with Gasteiger partial charge in [-0.05, 0) is 31.1 Å². The molecule has 7 heteroatoms. The minimum absolute atomic E-state index is 0.267. The van der Waals surface area contributed by atoms with E-state index in [0.29, 0.717) is 17.9 Å². The van der Waals surface area contributed by atoms with Gasteiger partial charge in [0.25, 0.3) is 0 Å². The first-order valence-corrected chi connectivity index (χ1v) is 6.31. The largest absolute Gasteiger partial charge is 0.467 e. The molecule has 2 aliphatic rings. The van der Waals surface area contributed by atoms with Crippen molar-refractivity contribution in [1.29, 1.82) is 0 Å². The Labute approximate surface area is 106 Å². The van der Waals surface area contributed by atoms with Crippen molar-refractivity contribution in [2.45, 2.75) is 31.7 Å². The zero-order valence-electron chi connectivity index (χ0n) is 10.4. The van der Waals surface area contributed by atoms with Gasteiger partial charge in [-0.3, -0.25) is 5.43 Å². The molecule has 0 aliphatic heterocycles. The summed E-state index contributed by atoms with van der Waals surface area (Å²) in [4.78, 5) is 12.4. The van der Waals surface area contributed by atoms with Gasteiger partial charge >= 0.3 is 6.01 Å². The molecule has 2 saturated carbocycles. The number of ether oxygens (including phenoxy) is 1. The minimum Gasteiger partial charge on any atom is -0.467 e. The first-order valence-electron chi connectivity index (χ1n) is 6.31. The molecule has 4 N–H and O–H groups in total. The van der Waals surface area contributed by atoms with E-state index in [9.17, 15) is 0 Å². The van der Waals surface area contributed by atoms with E-state index < -0.39 is 0 Å². The van der Waals surface area contributed by atoms with Crippen molar-refractivity contribution in [3.8, 4) is 6.01 Å². The number of nitrogen functional groups attached to an aromatic ring is 1. The van der Waals surface area contributed by atoms with Crippen LogP contribution >= 0.6 is 0 Å². The highest BCUT2D eigenvalue weighted by Crippen LogP contribution is 2.45. The van der Waals surface area contributed by atoms with Gasteiger partial charge in [-0.15, -0.1) is 0 Å². The molecule has 0 amide bonds. The van der Waals surface area contributed by atoms with E-state index in [4.69, 9.17) is 10.6 Å². The van der Waals surface area contributed by atoms with Crippen molar-refractivity contribution in [2.24, 2.45) is 17.7 Å². The van der Waals surface area contributed by atoms with E-state index in [1.165, 1.54) is 32.8 Å². The molecular formula is C11H18N6O. The van der Waals surface area contributed by atoms with Gasteiger partial charge in [0.05, 0.1) is 7.11 Å². The molecule has 2 fully saturated rings. The number of nitrogens with one attached hydrogen (secondary N) is 2. The summed E-state index contributed by atoms with van der Waals surface area (Å²) < 4.78 is 5.03. The Kier molecular flexibility index (Phi) is 2.91. The highest BCUT2D eigenvalue weighted by atomic mass is 16.5. The van der Waals surface area contributed by atoms with Crippen LogP contribution in [0.3, 0.4) is 0 Å². The molecule has 7 nitrogen and oxygen atoms in total. The monoisotopic (exact) mass is 250 g/mol. The summed E-state index contributed by atoms with van der Waals surface area (Å²) in [7, 11) is 1.52. The van der Waals surface area contributed by atoms with Gasteiger partial charge in [0.2, 0.25) is 11.9 Å². The third kappa shape index (κ3) is 2.05. The Balaban J connectivity index is 1.75. The number of hydrazine groups is 1. The van der Waals surface area contributed by atoms with Crippen LogP contribution in [0, 0.1) is 11.8 Å². The summed E-state index contributed by atoms with van der Waals surface area (Å²) in [6, 6.07) is 0.741. The Morgan fingerprint density at radius 2 is 2.00 bits per heavy atom. The Bertz CT molecular complexity index is 417. The number of hydrogen-bond donors (Lipinski definition) is 3. The lowest BCUT2D eigenvalue weighted by molar-refractivity contribution is 0.378. The van der Waals surface area contributed by atoms with Gasteiger partial charge in [-0.25, -0.2) is 5.84 Å². The second-order valence-corrected chi connectivity index (χ2v) is 5.04. The normalized spacial score (nSPS) is 29.3. The van der Waals surface area contributed by atoms with E-state index in [1.807, 2.05) is 0 Å². The van der Waals surface area contributed by atoms with Crippen molar-refractivity contribution in [3.63, 3.8) is 0 Å². The summed E-state index contributed by atoms with van der Waals surface area (Å²) in [5.41, 5.74) is 2.42.